The smallest absolute Gasteiger partial charge is 0.270 e. The zero-order chi connectivity index (χ0) is 29.2. The average molecular weight is 559 g/mol. The van der Waals surface area contributed by atoms with E-state index in [1.807, 2.05) is 48.3 Å². The Labute approximate surface area is 236 Å². The molecule has 0 aliphatic carbocycles. The molecule has 0 saturated carbocycles. The van der Waals surface area contributed by atoms with Crippen LogP contribution in [0.5, 0.6) is 5.75 Å². The van der Waals surface area contributed by atoms with Crippen LogP contribution in [0, 0.1) is 23.7 Å². The molecule has 0 aliphatic heterocycles. The Morgan fingerprint density at radius 3 is 2.58 bits per heavy atom. The van der Waals surface area contributed by atoms with Gasteiger partial charge < -0.3 is 25.2 Å². The minimum atomic E-state index is -0.638. The number of carbonyl (C=O) groups is 2. The third kappa shape index (κ3) is 6.90. The maximum Gasteiger partial charge on any atom is 0.270 e. The number of methoxy groups -OCH3 is 1. The first-order valence-electron chi connectivity index (χ1n) is 12.3. The molecule has 3 rings (SSSR count). The third-order valence-corrected chi connectivity index (χ3v) is 7.10. The van der Waals surface area contributed by atoms with E-state index in [4.69, 9.17) is 11.2 Å². The van der Waals surface area contributed by atoms with E-state index in [2.05, 4.69) is 16.6 Å². The van der Waals surface area contributed by atoms with E-state index in [0.717, 1.165) is 17.0 Å². The summed E-state index contributed by atoms with van der Waals surface area (Å²) in [6.07, 6.45) is 6.71. The maximum absolute atomic E-state index is 13.0. The fourth-order valence-electron chi connectivity index (χ4n) is 3.75. The van der Waals surface area contributed by atoms with Crippen LogP contribution in [-0.4, -0.2) is 50.7 Å². The van der Waals surface area contributed by atoms with Gasteiger partial charge in [-0.2, -0.15) is 5.26 Å². The molecule has 1 aromatic heterocycles. The van der Waals surface area contributed by atoms with E-state index in [1.165, 1.54) is 10.8 Å². The molecule has 3 aromatic rings. The van der Waals surface area contributed by atoms with Crippen LogP contribution in [0.25, 0.3) is 11.8 Å². The number of anilines is 3. The van der Waals surface area contributed by atoms with Crippen LogP contribution in [0.15, 0.2) is 53.3 Å². The van der Waals surface area contributed by atoms with Gasteiger partial charge in [-0.3, -0.25) is 19.0 Å². The van der Waals surface area contributed by atoms with Gasteiger partial charge in [0.15, 0.2) is 5.57 Å². The molecule has 0 unspecified atom stereocenters. The summed E-state index contributed by atoms with van der Waals surface area (Å²) in [5.41, 5.74) is 1.64. The number of hydrogen-bond donors (Lipinski definition) is 2. The number of carbonyl (C=O) groups excluding carboxylic acids is 2. The first-order chi connectivity index (χ1) is 19.2. The van der Waals surface area contributed by atoms with E-state index in [9.17, 15) is 19.6 Å². The number of likely N-dealkylation sites (N-methyl/N-ethyl adjacent to an activating group) is 2. The van der Waals surface area contributed by atoms with Gasteiger partial charge in [-0.15, -0.1) is 17.8 Å². The van der Waals surface area contributed by atoms with Gasteiger partial charge in [0.05, 0.1) is 20.2 Å². The topological polar surface area (TPSA) is 120 Å². The molecule has 10 nitrogen and oxygen atoms in total. The number of ether oxygens (including phenoxy) is 1. The molecule has 0 bridgehead atoms. The fourth-order valence-corrected chi connectivity index (χ4v) is 4.84. The van der Waals surface area contributed by atoms with Crippen molar-refractivity contribution >= 4 is 52.0 Å². The molecule has 11 heteroatoms. The Balaban J connectivity index is 1.83. The first kappa shape index (κ1) is 29.6. The van der Waals surface area contributed by atoms with Gasteiger partial charge in [-0.25, -0.2) is 0 Å². The maximum atomic E-state index is 13.0. The number of nitrogens with one attached hydrogen (secondary N) is 2. The summed E-state index contributed by atoms with van der Waals surface area (Å²) in [7, 11) is 5.12. The zero-order valence-corrected chi connectivity index (χ0v) is 23.5. The number of thiazole rings is 1. The van der Waals surface area contributed by atoms with Crippen LogP contribution in [0.1, 0.15) is 6.92 Å². The predicted molar refractivity (Wildman–Crippen MR) is 159 cm³/mol. The first-order valence-corrected chi connectivity index (χ1v) is 13.1. The summed E-state index contributed by atoms with van der Waals surface area (Å²) < 4.78 is 7.19. The number of hydrogen-bond acceptors (Lipinski definition) is 8. The number of rotatable bonds is 10. The van der Waals surface area contributed by atoms with Crippen LogP contribution in [0.3, 0.4) is 0 Å². The van der Waals surface area contributed by atoms with E-state index < -0.39 is 5.91 Å². The highest BCUT2D eigenvalue weighted by molar-refractivity contribution is 7.07. The highest BCUT2D eigenvalue weighted by Crippen LogP contribution is 2.22. The van der Waals surface area contributed by atoms with Crippen LogP contribution >= 0.6 is 11.3 Å². The minimum Gasteiger partial charge on any atom is -0.497 e. The molecule has 0 saturated heterocycles. The van der Waals surface area contributed by atoms with Gasteiger partial charge in [0.25, 0.3) is 11.5 Å². The van der Waals surface area contributed by atoms with Crippen LogP contribution in [0.4, 0.5) is 17.1 Å². The monoisotopic (exact) mass is 558 g/mol. The molecule has 0 radical (unpaired) electrons. The fraction of sp³-hybridized carbons (Fsp3) is 0.241. The normalized spacial score (nSPS) is 11.6. The Morgan fingerprint density at radius 2 is 1.90 bits per heavy atom. The summed E-state index contributed by atoms with van der Waals surface area (Å²) in [4.78, 5) is 41.8. The zero-order valence-electron chi connectivity index (χ0n) is 22.7. The number of nitrogens with zero attached hydrogens (tertiary/aromatic N) is 4. The number of aromatic nitrogens is 1. The highest BCUT2D eigenvalue weighted by atomic mass is 32.1. The van der Waals surface area contributed by atoms with Crippen molar-refractivity contribution < 1.29 is 14.3 Å². The summed E-state index contributed by atoms with van der Waals surface area (Å²) in [5, 5.41) is 15.1. The van der Waals surface area contributed by atoms with Gasteiger partial charge in [0.2, 0.25) is 5.91 Å². The molecule has 1 heterocycles. The molecule has 0 aliphatic rings. The second kappa shape index (κ2) is 13.7. The predicted octanol–water partition coefficient (Wildman–Crippen LogP) is 1.31. The Hall–Kier alpha value is -5.00. The lowest BCUT2D eigenvalue weighted by atomic mass is 10.2. The van der Waals surface area contributed by atoms with Crippen LogP contribution in [-0.2, 0) is 16.1 Å². The standard InChI is InChI=1S/C29H30N6O4S/c1-6-14-31-27(37)24(17-30)29-35(7-2)28(38)25(40-29)18-32-20-10-8-12-22(15-20)34(4)26(36)19-33(3)21-11-9-13-23(16-21)39-5/h1,8-13,15-16,18,32H,7,14,19H2,2-5H3,(H,31,37)/b25-18+,29-24-. The lowest BCUT2D eigenvalue weighted by Gasteiger charge is -2.24. The Bertz CT molecular complexity index is 1660. The summed E-state index contributed by atoms with van der Waals surface area (Å²) >= 11 is 1.03. The second-order valence-corrected chi connectivity index (χ2v) is 9.57. The number of amides is 2. The molecule has 0 atom stereocenters. The van der Waals surface area contributed by atoms with Crippen molar-refractivity contribution in [2.45, 2.75) is 13.5 Å². The van der Waals surface area contributed by atoms with Crippen molar-refractivity contribution in [1.82, 2.24) is 9.88 Å². The molecule has 2 amide bonds. The SMILES string of the molecule is C#CCNC(=O)/C(C#N)=c1\s/c(=C/Nc2cccc(N(C)C(=O)CN(C)c3cccc(OC)c3)c2)c(=O)n1CC. The van der Waals surface area contributed by atoms with Crippen molar-refractivity contribution in [2.24, 2.45) is 0 Å². The lowest BCUT2D eigenvalue weighted by molar-refractivity contribution is -0.117. The largest absolute Gasteiger partial charge is 0.497 e. The van der Waals surface area contributed by atoms with Crippen molar-refractivity contribution in [3.63, 3.8) is 0 Å². The molecular weight excluding hydrogens is 528 g/mol. The minimum absolute atomic E-state index is 0.0309. The summed E-state index contributed by atoms with van der Waals surface area (Å²) in [6, 6.07) is 16.5. The Morgan fingerprint density at radius 1 is 1.18 bits per heavy atom. The number of benzene rings is 2. The highest BCUT2D eigenvalue weighted by Gasteiger charge is 2.16. The van der Waals surface area contributed by atoms with E-state index >= 15 is 0 Å². The van der Waals surface area contributed by atoms with Gasteiger partial charge >= 0.3 is 0 Å². The van der Waals surface area contributed by atoms with Gasteiger partial charge in [-0.05, 0) is 37.3 Å². The number of terminal acetylenes is 1. The Kier molecular flexibility index (Phi) is 10.1. The lowest BCUT2D eigenvalue weighted by Crippen LogP contribution is -2.36. The summed E-state index contributed by atoms with van der Waals surface area (Å²) in [6.45, 7) is 2.15. The van der Waals surface area contributed by atoms with Crippen LogP contribution < -0.4 is 39.9 Å². The van der Waals surface area contributed by atoms with Crippen molar-refractivity contribution in [3.05, 3.63) is 68.1 Å². The molecule has 0 fully saturated rings. The van der Waals surface area contributed by atoms with Gasteiger partial charge in [0.1, 0.15) is 21.0 Å². The molecule has 2 aromatic carbocycles. The van der Waals surface area contributed by atoms with Crippen LogP contribution in [0.2, 0.25) is 0 Å². The third-order valence-electron chi connectivity index (χ3n) is 5.97. The van der Waals surface area contributed by atoms with E-state index in [-0.39, 0.29) is 41.3 Å². The average Bonchev–Trinajstić information content (AvgIpc) is 3.29. The van der Waals surface area contributed by atoms with E-state index in [0.29, 0.717) is 21.7 Å². The molecule has 0 spiro atoms. The van der Waals surface area contributed by atoms with E-state index in [1.54, 1.807) is 44.2 Å². The second-order valence-electron chi connectivity index (χ2n) is 8.54. The summed E-state index contributed by atoms with van der Waals surface area (Å²) in [5.74, 6) is 2.23. The quantitative estimate of drug-likeness (QED) is 0.360. The van der Waals surface area contributed by atoms with Crippen molar-refractivity contribution in [1.29, 1.82) is 5.26 Å². The van der Waals surface area contributed by atoms with Gasteiger partial charge in [-0.1, -0.05) is 18.1 Å². The van der Waals surface area contributed by atoms with Crippen molar-refractivity contribution in [2.75, 3.05) is 49.4 Å². The molecule has 40 heavy (non-hydrogen) atoms. The number of nitriles is 1. The van der Waals surface area contributed by atoms with Gasteiger partial charge in [0, 0.05) is 50.0 Å². The molecule has 206 valence electrons. The molecular formula is C29H30N6O4S. The molecule has 2 N–H and O–H groups in total. The van der Waals surface area contributed by atoms with Crippen molar-refractivity contribution in [3.8, 4) is 24.2 Å².